The Bertz CT molecular complexity index is 458. The number of benzene rings is 1. The van der Waals surface area contributed by atoms with E-state index in [-0.39, 0.29) is 6.03 Å². The fourth-order valence-corrected chi connectivity index (χ4v) is 2.57. The first-order valence-electron chi connectivity index (χ1n) is 7.30. The van der Waals surface area contributed by atoms with Crippen LogP contribution in [-0.2, 0) is 5.75 Å². The van der Waals surface area contributed by atoms with Gasteiger partial charge in [0.05, 0.1) is 12.1 Å². The normalized spacial score (nSPS) is 11.3. The smallest absolute Gasteiger partial charge is 0.321 e. The van der Waals surface area contributed by atoms with Gasteiger partial charge in [0.25, 0.3) is 0 Å². The van der Waals surface area contributed by atoms with Crippen LogP contribution in [0.25, 0.3) is 0 Å². The van der Waals surface area contributed by atoms with E-state index in [1.807, 2.05) is 36.9 Å². The van der Waals surface area contributed by atoms with Crippen LogP contribution < -0.4 is 5.32 Å². The number of nitrogens with zero attached hydrogens (tertiary/aromatic N) is 1. The molecule has 0 aliphatic rings. The van der Waals surface area contributed by atoms with Gasteiger partial charge in [0.2, 0.25) is 0 Å². The molecule has 0 radical (unpaired) electrons. The zero-order chi connectivity index (χ0) is 15.9. The lowest BCUT2D eigenvalue weighted by molar-refractivity contribution is 0.0501. The van der Waals surface area contributed by atoms with Gasteiger partial charge in [-0.25, -0.2) is 4.79 Å². The van der Waals surface area contributed by atoms with Crippen LogP contribution in [0.1, 0.15) is 33.3 Å². The van der Waals surface area contributed by atoms with E-state index in [4.69, 9.17) is 0 Å². The Morgan fingerprint density at radius 1 is 1.38 bits per heavy atom. The zero-order valence-electron chi connectivity index (χ0n) is 13.3. The van der Waals surface area contributed by atoms with Gasteiger partial charge in [-0.3, -0.25) is 0 Å². The molecule has 2 amide bonds. The van der Waals surface area contributed by atoms with Crippen molar-refractivity contribution >= 4 is 23.5 Å². The van der Waals surface area contributed by atoms with Gasteiger partial charge in [0, 0.05) is 18.0 Å². The van der Waals surface area contributed by atoms with Gasteiger partial charge < -0.3 is 15.3 Å². The molecule has 4 nitrogen and oxygen atoms in total. The number of thioether (sulfide) groups is 1. The van der Waals surface area contributed by atoms with E-state index in [1.54, 1.807) is 18.7 Å². The Balaban J connectivity index is 2.68. The largest absolute Gasteiger partial charge is 0.389 e. The minimum atomic E-state index is -0.896. The van der Waals surface area contributed by atoms with Crippen molar-refractivity contribution in [3.63, 3.8) is 0 Å². The highest BCUT2D eigenvalue weighted by molar-refractivity contribution is 7.98. The second-order valence-electron chi connectivity index (χ2n) is 5.59. The number of aliphatic hydroxyl groups is 1. The van der Waals surface area contributed by atoms with Crippen molar-refractivity contribution in [2.24, 2.45) is 0 Å². The van der Waals surface area contributed by atoms with Gasteiger partial charge in [-0.05, 0) is 44.2 Å². The predicted octanol–water partition coefficient (Wildman–Crippen LogP) is 3.56. The molecule has 0 fully saturated rings. The molecular formula is C16H26N2O2S. The molecule has 0 saturated heterocycles. The van der Waals surface area contributed by atoms with Crippen LogP contribution in [0, 0.1) is 0 Å². The Hall–Kier alpha value is -1.20. The quantitative estimate of drug-likeness (QED) is 0.809. The van der Waals surface area contributed by atoms with Gasteiger partial charge in [0.15, 0.2) is 0 Å². The summed E-state index contributed by atoms with van der Waals surface area (Å²) in [6, 6.07) is 7.72. The highest BCUT2D eigenvalue weighted by atomic mass is 32.2. The summed E-state index contributed by atoms with van der Waals surface area (Å²) < 4.78 is 0. The fraction of sp³-hybridized carbons (Fsp3) is 0.562. The summed E-state index contributed by atoms with van der Waals surface area (Å²) in [5.74, 6) is 2.02. The number of rotatable bonds is 7. The summed E-state index contributed by atoms with van der Waals surface area (Å²) >= 11 is 1.85. The van der Waals surface area contributed by atoms with Crippen LogP contribution in [-0.4, -0.2) is 40.5 Å². The molecule has 0 unspecified atom stereocenters. The third kappa shape index (κ3) is 6.87. The molecule has 118 valence electrons. The molecule has 5 heteroatoms. The lowest BCUT2D eigenvalue weighted by Gasteiger charge is -2.28. The van der Waals surface area contributed by atoms with E-state index >= 15 is 0 Å². The highest BCUT2D eigenvalue weighted by Crippen LogP contribution is 2.17. The molecule has 0 atom stereocenters. The topological polar surface area (TPSA) is 52.6 Å². The second-order valence-corrected chi connectivity index (χ2v) is 6.87. The van der Waals surface area contributed by atoms with Gasteiger partial charge in [-0.15, -0.1) is 0 Å². The first-order valence-corrected chi connectivity index (χ1v) is 8.46. The van der Waals surface area contributed by atoms with Crippen molar-refractivity contribution < 1.29 is 9.90 Å². The first kappa shape index (κ1) is 17.9. The summed E-state index contributed by atoms with van der Waals surface area (Å²) in [6.07, 6.45) is 0. The number of nitrogens with one attached hydrogen (secondary N) is 1. The Morgan fingerprint density at radius 3 is 2.67 bits per heavy atom. The van der Waals surface area contributed by atoms with E-state index < -0.39 is 5.60 Å². The summed E-state index contributed by atoms with van der Waals surface area (Å²) in [5, 5.41) is 12.7. The van der Waals surface area contributed by atoms with Crippen molar-refractivity contribution in [1.82, 2.24) is 4.90 Å². The van der Waals surface area contributed by atoms with Crippen LogP contribution >= 0.6 is 11.8 Å². The van der Waals surface area contributed by atoms with Crippen molar-refractivity contribution in [2.75, 3.05) is 24.2 Å². The van der Waals surface area contributed by atoms with Crippen molar-refractivity contribution in [3.05, 3.63) is 29.8 Å². The molecule has 1 rings (SSSR count). The van der Waals surface area contributed by atoms with Gasteiger partial charge in [0.1, 0.15) is 0 Å². The average molecular weight is 310 g/mol. The van der Waals surface area contributed by atoms with Crippen molar-refractivity contribution in [1.29, 1.82) is 0 Å². The number of amides is 2. The number of carbonyl (C=O) groups is 1. The molecule has 0 aromatic heterocycles. The SMILES string of the molecule is CCSCc1cccc(NC(=O)N(CC)CC(C)(C)O)c1. The molecule has 0 spiro atoms. The monoisotopic (exact) mass is 310 g/mol. The van der Waals surface area contributed by atoms with Gasteiger partial charge in [-0.1, -0.05) is 19.1 Å². The zero-order valence-corrected chi connectivity index (χ0v) is 14.2. The Kier molecular flexibility index (Phi) is 7.05. The summed E-state index contributed by atoms with van der Waals surface area (Å²) in [7, 11) is 0. The molecule has 21 heavy (non-hydrogen) atoms. The van der Waals surface area contributed by atoms with Crippen molar-refractivity contribution in [3.8, 4) is 0 Å². The predicted molar refractivity (Wildman–Crippen MR) is 90.8 cm³/mol. The van der Waals surface area contributed by atoms with E-state index in [0.29, 0.717) is 13.1 Å². The Morgan fingerprint density at radius 2 is 2.10 bits per heavy atom. The maximum Gasteiger partial charge on any atom is 0.321 e. The third-order valence-corrected chi connectivity index (χ3v) is 3.84. The first-order chi connectivity index (χ1) is 9.85. The number of hydrogen-bond donors (Lipinski definition) is 2. The molecule has 0 aliphatic heterocycles. The number of hydrogen-bond acceptors (Lipinski definition) is 3. The molecule has 0 aliphatic carbocycles. The van der Waals surface area contributed by atoms with Crippen LogP contribution in [0.4, 0.5) is 10.5 Å². The van der Waals surface area contributed by atoms with E-state index in [0.717, 1.165) is 17.2 Å². The molecule has 0 bridgehead atoms. The lowest BCUT2D eigenvalue weighted by atomic mass is 10.1. The van der Waals surface area contributed by atoms with E-state index in [2.05, 4.69) is 18.3 Å². The molecule has 0 saturated carbocycles. The maximum absolute atomic E-state index is 12.2. The number of likely N-dealkylation sites (N-methyl/N-ethyl adjacent to an activating group) is 1. The fourth-order valence-electron chi connectivity index (χ4n) is 1.96. The molecule has 1 aromatic carbocycles. The van der Waals surface area contributed by atoms with Gasteiger partial charge in [-0.2, -0.15) is 11.8 Å². The number of carbonyl (C=O) groups excluding carboxylic acids is 1. The van der Waals surface area contributed by atoms with Crippen LogP contribution in [0.3, 0.4) is 0 Å². The van der Waals surface area contributed by atoms with E-state index in [9.17, 15) is 9.90 Å². The minimum Gasteiger partial charge on any atom is -0.389 e. The minimum absolute atomic E-state index is 0.181. The number of urea groups is 1. The second kappa shape index (κ2) is 8.29. The molecule has 0 heterocycles. The average Bonchev–Trinajstić information content (AvgIpc) is 2.42. The van der Waals surface area contributed by atoms with Crippen LogP contribution in [0.15, 0.2) is 24.3 Å². The summed E-state index contributed by atoms with van der Waals surface area (Å²) in [4.78, 5) is 13.8. The molecular weight excluding hydrogens is 284 g/mol. The lowest BCUT2D eigenvalue weighted by Crippen LogP contribution is -2.44. The highest BCUT2D eigenvalue weighted by Gasteiger charge is 2.21. The molecule has 1 aromatic rings. The van der Waals surface area contributed by atoms with Crippen molar-refractivity contribution in [2.45, 2.75) is 39.0 Å². The Labute approximate surface area is 131 Å². The summed E-state index contributed by atoms with van der Waals surface area (Å²) in [5.41, 5.74) is 1.10. The maximum atomic E-state index is 12.2. The van der Waals surface area contributed by atoms with Crippen LogP contribution in [0.5, 0.6) is 0 Å². The number of anilines is 1. The van der Waals surface area contributed by atoms with Gasteiger partial charge >= 0.3 is 6.03 Å². The standard InChI is InChI=1S/C16H26N2O2S/c1-5-18(12-16(3,4)20)15(19)17-14-9-7-8-13(10-14)11-21-6-2/h7-10,20H,5-6,11-12H2,1-4H3,(H,17,19). The third-order valence-electron chi connectivity index (χ3n) is 2.90. The molecule has 2 N–H and O–H groups in total. The summed E-state index contributed by atoms with van der Waals surface area (Å²) in [6.45, 7) is 8.30. The van der Waals surface area contributed by atoms with E-state index in [1.165, 1.54) is 5.56 Å². The van der Waals surface area contributed by atoms with Crippen LogP contribution in [0.2, 0.25) is 0 Å².